The highest BCUT2D eigenvalue weighted by Gasteiger charge is 2.18. The maximum absolute atomic E-state index is 5.42. The number of aromatic nitrogens is 2. The molecule has 2 heterocycles. The third-order valence-electron chi connectivity index (χ3n) is 4.82. The van der Waals surface area contributed by atoms with Gasteiger partial charge in [0.05, 0.1) is 23.8 Å². The van der Waals surface area contributed by atoms with Crippen molar-refractivity contribution in [1.82, 2.24) is 9.55 Å². The number of hydrogen-bond donors (Lipinski definition) is 1. The van der Waals surface area contributed by atoms with Gasteiger partial charge in [-0.05, 0) is 43.0 Å². The van der Waals surface area contributed by atoms with Crippen LogP contribution in [0.15, 0.2) is 47.1 Å². The number of benzene rings is 1. The Labute approximate surface area is 136 Å². The molecule has 4 heteroatoms. The van der Waals surface area contributed by atoms with Crippen molar-refractivity contribution in [3.05, 3.63) is 48.4 Å². The molecule has 4 nitrogen and oxygen atoms in total. The van der Waals surface area contributed by atoms with Gasteiger partial charge in [0.25, 0.3) is 0 Å². The molecule has 0 spiro atoms. The smallest absolute Gasteiger partial charge is 0.204 e. The first-order valence-electron chi connectivity index (χ1n) is 8.62. The molecule has 0 bridgehead atoms. The first-order valence-corrected chi connectivity index (χ1v) is 8.62. The van der Waals surface area contributed by atoms with Gasteiger partial charge in [0.2, 0.25) is 5.95 Å². The largest absolute Gasteiger partial charge is 0.467 e. The van der Waals surface area contributed by atoms with Gasteiger partial charge in [0.15, 0.2) is 0 Å². The molecule has 1 N–H and O–H groups in total. The minimum Gasteiger partial charge on any atom is -0.467 e. The zero-order valence-electron chi connectivity index (χ0n) is 13.4. The first kappa shape index (κ1) is 14.4. The van der Waals surface area contributed by atoms with Gasteiger partial charge in [-0.3, -0.25) is 0 Å². The van der Waals surface area contributed by atoms with E-state index in [-0.39, 0.29) is 0 Å². The summed E-state index contributed by atoms with van der Waals surface area (Å²) in [7, 11) is 0. The SMILES string of the molecule is c1coc(CNc2nc3ccccc3n2CC2CCCCC2)c1. The molecule has 1 fully saturated rings. The van der Waals surface area contributed by atoms with Gasteiger partial charge in [-0.15, -0.1) is 0 Å². The molecule has 1 saturated carbocycles. The minimum atomic E-state index is 0.668. The van der Waals surface area contributed by atoms with E-state index in [4.69, 9.17) is 9.40 Å². The van der Waals surface area contributed by atoms with E-state index in [2.05, 4.69) is 34.1 Å². The lowest BCUT2D eigenvalue weighted by Gasteiger charge is -2.23. The minimum absolute atomic E-state index is 0.668. The average molecular weight is 309 g/mol. The molecular formula is C19H23N3O. The molecule has 1 aromatic carbocycles. The zero-order valence-corrected chi connectivity index (χ0v) is 13.4. The van der Waals surface area contributed by atoms with Crippen LogP contribution in [-0.2, 0) is 13.1 Å². The molecule has 23 heavy (non-hydrogen) atoms. The Morgan fingerprint density at radius 1 is 1.09 bits per heavy atom. The standard InChI is InChI=1S/C19H23N3O/c1-2-7-15(8-3-1)14-22-18-11-5-4-10-17(18)21-19(22)20-13-16-9-6-12-23-16/h4-6,9-12,15H,1-3,7-8,13-14H2,(H,20,21). The summed E-state index contributed by atoms with van der Waals surface area (Å²) < 4.78 is 7.78. The summed E-state index contributed by atoms with van der Waals surface area (Å²) in [6, 6.07) is 12.3. The van der Waals surface area contributed by atoms with Gasteiger partial charge in [-0.25, -0.2) is 4.98 Å². The summed E-state index contributed by atoms with van der Waals surface area (Å²) in [5.74, 6) is 2.65. The van der Waals surface area contributed by atoms with Crippen molar-refractivity contribution in [3.63, 3.8) is 0 Å². The van der Waals surface area contributed by atoms with Crippen LogP contribution in [0.5, 0.6) is 0 Å². The number of para-hydroxylation sites is 2. The molecule has 0 saturated heterocycles. The Morgan fingerprint density at radius 2 is 1.96 bits per heavy atom. The van der Waals surface area contributed by atoms with Gasteiger partial charge >= 0.3 is 0 Å². The highest BCUT2D eigenvalue weighted by Crippen LogP contribution is 2.28. The van der Waals surface area contributed by atoms with E-state index >= 15 is 0 Å². The lowest BCUT2D eigenvalue weighted by atomic mass is 9.89. The van der Waals surface area contributed by atoms with Gasteiger partial charge in [0, 0.05) is 6.54 Å². The monoisotopic (exact) mass is 309 g/mol. The normalized spacial score (nSPS) is 16.0. The maximum Gasteiger partial charge on any atom is 0.204 e. The van der Waals surface area contributed by atoms with Gasteiger partial charge in [-0.1, -0.05) is 31.4 Å². The molecule has 0 aliphatic heterocycles. The number of nitrogens with zero attached hydrogens (tertiary/aromatic N) is 2. The van der Waals surface area contributed by atoms with Crippen LogP contribution < -0.4 is 5.32 Å². The second-order valence-corrected chi connectivity index (χ2v) is 6.47. The van der Waals surface area contributed by atoms with Crippen LogP contribution in [0, 0.1) is 5.92 Å². The van der Waals surface area contributed by atoms with Gasteiger partial charge in [-0.2, -0.15) is 0 Å². The lowest BCUT2D eigenvalue weighted by molar-refractivity contribution is 0.323. The van der Waals surface area contributed by atoms with E-state index in [1.807, 2.05) is 12.1 Å². The number of anilines is 1. The Morgan fingerprint density at radius 3 is 2.78 bits per heavy atom. The quantitative estimate of drug-likeness (QED) is 0.734. The van der Waals surface area contributed by atoms with E-state index in [1.165, 1.54) is 37.6 Å². The van der Waals surface area contributed by atoms with Crippen molar-refractivity contribution in [1.29, 1.82) is 0 Å². The molecule has 1 aliphatic carbocycles. The van der Waals surface area contributed by atoms with Crippen LogP contribution in [0.2, 0.25) is 0 Å². The molecule has 0 unspecified atom stereocenters. The van der Waals surface area contributed by atoms with Gasteiger partial charge in [0.1, 0.15) is 5.76 Å². The van der Waals surface area contributed by atoms with Crippen LogP contribution in [0.4, 0.5) is 5.95 Å². The predicted octanol–water partition coefficient (Wildman–Crippen LogP) is 4.82. The summed E-state index contributed by atoms with van der Waals surface area (Å²) in [5.41, 5.74) is 2.28. The highest BCUT2D eigenvalue weighted by atomic mass is 16.3. The number of furan rings is 1. The molecule has 0 radical (unpaired) electrons. The molecule has 120 valence electrons. The molecule has 1 aliphatic rings. The van der Waals surface area contributed by atoms with Crippen LogP contribution in [-0.4, -0.2) is 9.55 Å². The summed E-state index contributed by atoms with van der Waals surface area (Å²) >= 11 is 0. The zero-order chi connectivity index (χ0) is 15.5. The summed E-state index contributed by atoms with van der Waals surface area (Å²) in [4.78, 5) is 4.79. The molecule has 0 amide bonds. The van der Waals surface area contributed by atoms with Crippen molar-refractivity contribution in [2.75, 3.05) is 5.32 Å². The number of rotatable bonds is 5. The lowest BCUT2D eigenvalue weighted by Crippen LogP contribution is -2.16. The molecule has 4 rings (SSSR count). The molecule has 3 aromatic rings. The fourth-order valence-electron chi connectivity index (χ4n) is 3.60. The van der Waals surface area contributed by atoms with Crippen LogP contribution in [0.3, 0.4) is 0 Å². The Hall–Kier alpha value is -2.23. The number of fused-ring (bicyclic) bond motifs is 1. The third kappa shape index (κ3) is 3.11. The van der Waals surface area contributed by atoms with Crippen molar-refractivity contribution in [2.24, 2.45) is 5.92 Å². The molecular weight excluding hydrogens is 286 g/mol. The number of imidazole rings is 1. The van der Waals surface area contributed by atoms with Crippen molar-refractivity contribution in [2.45, 2.75) is 45.2 Å². The van der Waals surface area contributed by atoms with E-state index in [1.54, 1.807) is 6.26 Å². The Bertz CT molecular complexity index is 754. The van der Waals surface area contributed by atoms with E-state index < -0.39 is 0 Å². The van der Waals surface area contributed by atoms with E-state index in [0.717, 1.165) is 29.7 Å². The summed E-state index contributed by atoms with van der Waals surface area (Å²) in [6.07, 6.45) is 8.51. The van der Waals surface area contributed by atoms with Crippen molar-refractivity contribution in [3.8, 4) is 0 Å². The topological polar surface area (TPSA) is 43.0 Å². The Balaban J connectivity index is 1.60. The summed E-state index contributed by atoms with van der Waals surface area (Å²) in [5, 5.41) is 3.45. The fraction of sp³-hybridized carbons (Fsp3) is 0.421. The van der Waals surface area contributed by atoms with Crippen molar-refractivity contribution < 1.29 is 4.42 Å². The van der Waals surface area contributed by atoms with E-state index in [9.17, 15) is 0 Å². The maximum atomic E-state index is 5.42. The average Bonchev–Trinajstić information content (AvgIpc) is 3.22. The Kier molecular flexibility index (Phi) is 4.05. The second kappa shape index (κ2) is 6.49. The fourth-order valence-corrected chi connectivity index (χ4v) is 3.60. The van der Waals surface area contributed by atoms with Crippen molar-refractivity contribution >= 4 is 17.0 Å². The number of nitrogens with one attached hydrogen (secondary N) is 1. The second-order valence-electron chi connectivity index (χ2n) is 6.47. The third-order valence-corrected chi connectivity index (χ3v) is 4.82. The van der Waals surface area contributed by atoms with E-state index in [0.29, 0.717) is 6.54 Å². The first-order chi connectivity index (χ1) is 11.4. The molecule has 0 atom stereocenters. The predicted molar refractivity (Wildman–Crippen MR) is 92.3 cm³/mol. The summed E-state index contributed by atoms with van der Waals surface area (Å²) in [6.45, 7) is 1.72. The number of hydrogen-bond acceptors (Lipinski definition) is 3. The van der Waals surface area contributed by atoms with Crippen LogP contribution >= 0.6 is 0 Å². The van der Waals surface area contributed by atoms with Crippen LogP contribution in [0.25, 0.3) is 11.0 Å². The van der Waals surface area contributed by atoms with Gasteiger partial charge < -0.3 is 14.3 Å². The van der Waals surface area contributed by atoms with Crippen LogP contribution in [0.1, 0.15) is 37.9 Å². The highest BCUT2D eigenvalue weighted by molar-refractivity contribution is 5.78. The molecule has 2 aromatic heterocycles.